The fourth-order valence-electron chi connectivity index (χ4n) is 1.96. The highest BCUT2D eigenvalue weighted by molar-refractivity contribution is 5.96. The Morgan fingerprint density at radius 1 is 1.11 bits per heavy atom. The fourth-order valence-corrected chi connectivity index (χ4v) is 1.96. The van der Waals surface area contributed by atoms with Crippen LogP contribution in [0.4, 0.5) is 0 Å². The van der Waals surface area contributed by atoms with Gasteiger partial charge in [-0.15, -0.1) is 0 Å². The van der Waals surface area contributed by atoms with Gasteiger partial charge in [-0.1, -0.05) is 44.7 Å². The molecule has 1 aromatic rings. The summed E-state index contributed by atoms with van der Waals surface area (Å²) in [6.07, 6.45) is 6.56. The second-order valence-electron chi connectivity index (χ2n) is 4.55. The molecule has 1 rings (SSSR count). The minimum atomic E-state index is 0.230. The minimum Gasteiger partial charge on any atom is -0.494 e. The quantitative estimate of drug-likeness (QED) is 0.470. The summed E-state index contributed by atoms with van der Waals surface area (Å²) >= 11 is 0. The molecule has 0 saturated carbocycles. The van der Waals surface area contributed by atoms with Gasteiger partial charge in [0.2, 0.25) is 0 Å². The van der Waals surface area contributed by atoms with E-state index in [1.165, 1.54) is 19.3 Å². The third-order valence-electron chi connectivity index (χ3n) is 2.97. The van der Waals surface area contributed by atoms with Crippen LogP contribution in [-0.2, 0) is 0 Å². The van der Waals surface area contributed by atoms with Crippen LogP contribution < -0.4 is 4.74 Å². The van der Waals surface area contributed by atoms with Crippen LogP contribution in [0.5, 0.6) is 5.75 Å². The molecule has 0 aliphatic heterocycles. The van der Waals surface area contributed by atoms with Gasteiger partial charge >= 0.3 is 0 Å². The normalized spacial score (nSPS) is 10.3. The Morgan fingerprint density at radius 3 is 2.61 bits per heavy atom. The topological polar surface area (TPSA) is 26.3 Å². The summed E-state index contributed by atoms with van der Waals surface area (Å²) in [5.41, 5.74) is 0.774. The maximum absolute atomic E-state index is 12.0. The lowest BCUT2D eigenvalue weighted by molar-refractivity contribution is 0.0978. The predicted molar refractivity (Wildman–Crippen MR) is 75.3 cm³/mol. The Kier molecular flexibility index (Phi) is 7.16. The molecule has 0 aliphatic carbocycles. The number of unbranched alkanes of at least 4 members (excludes halogenated alkanes) is 4. The number of ether oxygens (including phenoxy) is 1. The molecule has 2 nitrogen and oxygen atoms in total. The number of Topliss-reactive ketones (excluding diaryl/α,β-unsaturated/α-hetero) is 1. The van der Waals surface area contributed by atoms with E-state index >= 15 is 0 Å². The number of hydrogen-bond acceptors (Lipinski definition) is 2. The zero-order valence-electron chi connectivity index (χ0n) is 11.6. The van der Waals surface area contributed by atoms with Gasteiger partial charge in [0.1, 0.15) is 5.75 Å². The van der Waals surface area contributed by atoms with Crippen LogP contribution in [-0.4, -0.2) is 12.4 Å². The third kappa shape index (κ3) is 5.35. The minimum absolute atomic E-state index is 0.230. The van der Waals surface area contributed by atoms with Crippen molar-refractivity contribution in [3.63, 3.8) is 0 Å². The van der Waals surface area contributed by atoms with Crippen molar-refractivity contribution in [2.75, 3.05) is 6.61 Å². The van der Waals surface area contributed by atoms with Crippen molar-refractivity contribution in [1.82, 2.24) is 0 Å². The number of carbonyl (C=O) groups is 1. The first-order chi connectivity index (χ1) is 8.77. The van der Waals surface area contributed by atoms with Gasteiger partial charge in [0.25, 0.3) is 0 Å². The van der Waals surface area contributed by atoms with Gasteiger partial charge in [-0.05, 0) is 25.5 Å². The monoisotopic (exact) mass is 248 g/mol. The van der Waals surface area contributed by atoms with E-state index in [2.05, 4.69) is 6.92 Å². The van der Waals surface area contributed by atoms with E-state index in [-0.39, 0.29) is 5.78 Å². The molecule has 100 valence electrons. The smallest absolute Gasteiger partial charge is 0.163 e. The molecule has 0 spiro atoms. The fraction of sp³-hybridized carbons (Fsp3) is 0.562. The van der Waals surface area contributed by atoms with Crippen LogP contribution >= 0.6 is 0 Å². The van der Waals surface area contributed by atoms with Crippen molar-refractivity contribution in [2.24, 2.45) is 0 Å². The zero-order chi connectivity index (χ0) is 13.2. The molecule has 0 aromatic heterocycles. The average molecular weight is 248 g/mol. The summed E-state index contributed by atoms with van der Waals surface area (Å²) in [5.74, 6) is 1.02. The molecule has 0 bridgehead atoms. The second kappa shape index (κ2) is 8.73. The molecule has 0 unspecified atom stereocenters. The molecule has 0 atom stereocenters. The van der Waals surface area contributed by atoms with Crippen molar-refractivity contribution < 1.29 is 9.53 Å². The van der Waals surface area contributed by atoms with E-state index in [1.807, 2.05) is 31.2 Å². The molecule has 0 heterocycles. The van der Waals surface area contributed by atoms with E-state index < -0.39 is 0 Å². The van der Waals surface area contributed by atoms with Crippen LogP contribution in [0.3, 0.4) is 0 Å². The van der Waals surface area contributed by atoms with E-state index in [0.717, 1.165) is 24.2 Å². The summed E-state index contributed by atoms with van der Waals surface area (Å²) < 4.78 is 5.40. The summed E-state index contributed by atoms with van der Waals surface area (Å²) in [6, 6.07) is 7.49. The molecule has 0 saturated heterocycles. The Hall–Kier alpha value is -1.31. The highest BCUT2D eigenvalue weighted by Crippen LogP contribution is 2.16. The number of rotatable bonds is 9. The van der Waals surface area contributed by atoms with Gasteiger partial charge in [-0.3, -0.25) is 4.79 Å². The summed E-state index contributed by atoms with van der Waals surface area (Å²) in [6.45, 7) is 4.78. The maximum Gasteiger partial charge on any atom is 0.163 e. The molecular weight excluding hydrogens is 224 g/mol. The van der Waals surface area contributed by atoms with Gasteiger partial charge in [-0.2, -0.15) is 0 Å². The molecule has 1 aromatic carbocycles. The lowest BCUT2D eigenvalue weighted by atomic mass is 10.0. The van der Waals surface area contributed by atoms with Gasteiger partial charge in [0, 0.05) is 12.0 Å². The molecule has 18 heavy (non-hydrogen) atoms. The standard InChI is InChI=1S/C16H24O2/c1-3-5-6-7-8-12-16(17)14-10-9-11-15(13-14)18-4-2/h9-11,13H,3-8,12H2,1-2H3. The number of ketones is 1. The SMILES string of the molecule is CCCCCCCC(=O)c1cccc(OCC)c1. The van der Waals surface area contributed by atoms with Crippen molar-refractivity contribution >= 4 is 5.78 Å². The lowest BCUT2D eigenvalue weighted by Crippen LogP contribution is -2.00. The van der Waals surface area contributed by atoms with Gasteiger partial charge in [0.05, 0.1) is 6.61 Å². The van der Waals surface area contributed by atoms with Gasteiger partial charge in [-0.25, -0.2) is 0 Å². The molecule has 2 heteroatoms. The first-order valence-electron chi connectivity index (χ1n) is 7.04. The predicted octanol–water partition coefficient (Wildman–Crippen LogP) is 4.63. The molecular formula is C16H24O2. The number of benzene rings is 1. The zero-order valence-corrected chi connectivity index (χ0v) is 11.6. The van der Waals surface area contributed by atoms with E-state index in [1.54, 1.807) is 0 Å². The first kappa shape index (κ1) is 14.7. The maximum atomic E-state index is 12.0. The number of carbonyl (C=O) groups excluding carboxylic acids is 1. The van der Waals surface area contributed by atoms with E-state index in [4.69, 9.17) is 4.74 Å². The Balaban J connectivity index is 2.38. The van der Waals surface area contributed by atoms with Crippen LogP contribution in [0.1, 0.15) is 62.7 Å². The number of hydrogen-bond donors (Lipinski definition) is 0. The lowest BCUT2D eigenvalue weighted by Gasteiger charge is -2.05. The summed E-state index contributed by atoms with van der Waals surface area (Å²) in [5, 5.41) is 0. The third-order valence-corrected chi connectivity index (χ3v) is 2.97. The molecule has 0 amide bonds. The van der Waals surface area contributed by atoms with Gasteiger partial charge in [0.15, 0.2) is 5.78 Å². The van der Waals surface area contributed by atoms with E-state index in [9.17, 15) is 4.79 Å². The second-order valence-corrected chi connectivity index (χ2v) is 4.55. The molecule has 0 aliphatic rings. The Labute approximate surface area is 110 Å². The van der Waals surface area contributed by atoms with E-state index in [0.29, 0.717) is 13.0 Å². The van der Waals surface area contributed by atoms with Crippen molar-refractivity contribution in [3.8, 4) is 5.75 Å². The van der Waals surface area contributed by atoms with Crippen LogP contribution in [0, 0.1) is 0 Å². The Morgan fingerprint density at radius 2 is 1.89 bits per heavy atom. The van der Waals surface area contributed by atoms with Crippen LogP contribution in [0.2, 0.25) is 0 Å². The summed E-state index contributed by atoms with van der Waals surface area (Å²) in [7, 11) is 0. The molecule has 0 fully saturated rings. The van der Waals surface area contributed by atoms with Crippen molar-refractivity contribution in [2.45, 2.75) is 52.4 Å². The first-order valence-corrected chi connectivity index (χ1v) is 7.04. The van der Waals surface area contributed by atoms with Crippen LogP contribution in [0.15, 0.2) is 24.3 Å². The van der Waals surface area contributed by atoms with Crippen LogP contribution in [0.25, 0.3) is 0 Å². The summed E-state index contributed by atoms with van der Waals surface area (Å²) in [4.78, 5) is 12.0. The molecule has 0 N–H and O–H groups in total. The average Bonchev–Trinajstić information content (AvgIpc) is 2.39. The largest absolute Gasteiger partial charge is 0.494 e. The van der Waals surface area contributed by atoms with Crippen molar-refractivity contribution in [3.05, 3.63) is 29.8 Å². The van der Waals surface area contributed by atoms with Crippen molar-refractivity contribution in [1.29, 1.82) is 0 Å². The molecule has 0 radical (unpaired) electrons. The highest BCUT2D eigenvalue weighted by Gasteiger charge is 2.06. The van der Waals surface area contributed by atoms with Gasteiger partial charge < -0.3 is 4.74 Å². The highest BCUT2D eigenvalue weighted by atomic mass is 16.5. The Bertz CT molecular complexity index is 358.